The number of halogens is 2. The molecule has 0 unspecified atom stereocenters. The smallest absolute Gasteiger partial charge is 0.336 e. The number of ether oxygens (including phenoxy) is 1. The lowest BCUT2D eigenvalue weighted by Crippen LogP contribution is -1.98. The number of carboxylic acid groups (broad SMARTS) is 1. The molecular weight excluding hydrogens is 315 g/mol. The molecule has 2 rings (SSSR count). The maximum absolute atomic E-state index is 13.9. The molecule has 0 saturated carbocycles. The lowest BCUT2D eigenvalue weighted by molar-refractivity contribution is 0.0696. The molecule has 98 valence electrons. The highest BCUT2D eigenvalue weighted by Gasteiger charge is 2.12. The van der Waals surface area contributed by atoms with Crippen molar-refractivity contribution in [2.45, 2.75) is 0 Å². The van der Waals surface area contributed by atoms with Crippen molar-refractivity contribution in [1.82, 2.24) is 0 Å². The Labute approximate surface area is 117 Å². The van der Waals surface area contributed by atoms with Gasteiger partial charge in [-0.05, 0) is 45.8 Å². The molecule has 0 atom stereocenters. The summed E-state index contributed by atoms with van der Waals surface area (Å²) >= 11 is 3.15. The van der Waals surface area contributed by atoms with E-state index in [0.29, 0.717) is 21.3 Å². The van der Waals surface area contributed by atoms with Crippen molar-refractivity contribution in [2.75, 3.05) is 7.11 Å². The Bertz CT molecular complexity index is 641. The van der Waals surface area contributed by atoms with E-state index in [1.54, 1.807) is 24.3 Å². The minimum absolute atomic E-state index is 0.0905. The second-order valence-electron chi connectivity index (χ2n) is 3.85. The SMILES string of the molecule is COc1ccc(-c2ccc(Br)c(C(=O)O)c2)c(F)c1. The van der Waals surface area contributed by atoms with E-state index in [-0.39, 0.29) is 5.56 Å². The fourth-order valence-electron chi connectivity index (χ4n) is 1.71. The molecule has 19 heavy (non-hydrogen) atoms. The Kier molecular flexibility index (Phi) is 3.85. The number of benzene rings is 2. The lowest BCUT2D eigenvalue weighted by atomic mass is 10.0. The Morgan fingerprint density at radius 1 is 1.26 bits per heavy atom. The third-order valence-electron chi connectivity index (χ3n) is 2.68. The van der Waals surface area contributed by atoms with Crippen LogP contribution in [0.3, 0.4) is 0 Å². The van der Waals surface area contributed by atoms with Crippen LogP contribution in [0.5, 0.6) is 5.75 Å². The van der Waals surface area contributed by atoms with Gasteiger partial charge in [-0.15, -0.1) is 0 Å². The maximum Gasteiger partial charge on any atom is 0.336 e. The van der Waals surface area contributed by atoms with Crippen molar-refractivity contribution in [1.29, 1.82) is 0 Å². The molecule has 0 saturated heterocycles. The van der Waals surface area contributed by atoms with Crippen molar-refractivity contribution in [3.05, 3.63) is 52.3 Å². The van der Waals surface area contributed by atoms with Gasteiger partial charge in [-0.25, -0.2) is 9.18 Å². The van der Waals surface area contributed by atoms with Gasteiger partial charge in [-0.2, -0.15) is 0 Å². The van der Waals surface area contributed by atoms with Gasteiger partial charge >= 0.3 is 5.97 Å². The van der Waals surface area contributed by atoms with Crippen molar-refractivity contribution >= 4 is 21.9 Å². The summed E-state index contributed by atoms with van der Waals surface area (Å²) < 4.78 is 19.3. The van der Waals surface area contributed by atoms with Crippen molar-refractivity contribution in [2.24, 2.45) is 0 Å². The summed E-state index contributed by atoms with van der Waals surface area (Å²) in [7, 11) is 1.45. The summed E-state index contributed by atoms with van der Waals surface area (Å²) in [5.74, 6) is -1.11. The molecule has 2 aromatic rings. The quantitative estimate of drug-likeness (QED) is 0.929. The van der Waals surface area contributed by atoms with Gasteiger partial charge < -0.3 is 9.84 Å². The number of aromatic carboxylic acids is 1. The van der Waals surface area contributed by atoms with E-state index >= 15 is 0 Å². The standard InChI is InChI=1S/C14H10BrFO3/c1-19-9-3-4-10(13(16)7-9)8-2-5-12(15)11(6-8)14(17)18/h2-7H,1H3,(H,17,18). The molecule has 2 aromatic carbocycles. The van der Waals surface area contributed by atoms with Gasteiger partial charge in [0.2, 0.25) is 0 Å². The van der Waals surface area contributed by atoms with E-state index in [4.69, 9.17) is 9.84 Å². The number of methoxy groups -OCH3 is 1. The highest BCUT2D eigenvalue weighted by molar-refractivity contribution is 9.10. The molecule has 0 amide bonds. The zero-order chi connectivity index (χ0) is 14.0. The molecule has 0 fully saturated rings. The van der Waals surface area contributed by atoms with Gasteiger partial charge in [0.15, 0.2) is 0 Å². The Morgan fingerprint density at radius 3 is 2.58 bits per heavy atom. The van der Waals surface area contributed by atoms with Crippen LogP contribution in [0.1, 0.15) is 10.4 Å². The van der Waals surface area contributed by atoms with E-state index in [1.165, 1.54) is 19.2 Å². The van der Waals surface area contributed by atoms with Gasteiger partial charge in [0, 0.05) is 16.1 Å². The summed E-state index contributed by atoms with van der Waals surface area (Å²) in [6.45, 7) is 0. The maximum atomic E-state index is 13.9. The molecule has 0 aliphatic carbocycles. The molecule has 5 heteroatoms. The summed E-state index contributed by atoms with van der Waals surface area (Å²) in [4.78, 5) is 11.0. The largest absolute Gasteiger partial charge is 0.497 e. The summed E-state index contributed by atoms with van der Waals surface area (Å²) in [5.41, 5.74) is 0.921. The zero-order valence-electron chi connectivity index (χ0n) is 9.98. The monoisotopic (exact) mass is 324 g/mol. The van der Waals surface area contributed by atoms with E-state index in [9.17, 15) is 9.18 Å². The van der Waals surface area contributed by atoms with Crippen molar-refractivity contribution in [3.8, 4) is 16.9 Å². The average Bonchev–Trinajstić information content (AvgIpc) is 2.39. The highest BCUT2D eigenvalue weighted by Crippen LogP contribution is 2.29. The molecule has 0 heterocycles. The molecule has 0 aliphatic heterocycles. The van der Waals surface area contributed by atoms with E-state index < -0.39 is 11.8 Å². The molecule has 0 aliphatic rings. The molecule has 0 radical (unpaired) electrons. The normalized spacial score (nSPS) is 10.3. The van der Waals surface area contributed by atoms with Gasteiger partial charge in [0.25, 0.3) is 0 Å². The van der Waals surface area contributed by atoms with Crippen LogP contribution in [0.4, 0.5) is 4.39 Å². The second kappa shape index (κ2) is 5.40. The Hall–Kier alpha value is -1.88. The van der Waals surface area contributed by atoms with Crippen LogP contribution < -0.4 is 4.74 Å². The van der Waals surface area contributed by atoms with E-state index in [0.717, 1.165) is 0 Å². The molecular formula is C14H10BrFO3. The number of hydrogen-bond donors (Lipinski definition) is 1. The molecule has 0 aromatic heterocycles. The first-order valence-electron chi connectivity index (χ1n) is 5.39. The average molecular weight is 325 g/mol. The van der Waals surface area contributed by atoms with E-state index in [1.807, 2.05) is 0 Å². The third-order valence-corrected chi connectivity index (χ3v) is 3.38. The minimum Gasteiger partial charge on any atom is -0.497 e. The summed E-state index contributed by atoms with van der Waals surface area (Å²) in [6.07, 6.45) is 0. The van der Waals surface area contributed by atoms with Crippen LogP contribution in [-0.4, -0.2) is 18.2 Å². The first kappa shape index (κ1) is 13.5. The van der Waals surface area contributed by atoms with Gasteiger partial charge in [-0.1, -0.05) is 6.07 Å². The van der Waals surface area contributed by atoms with Crippen LogP contribution in [0.15, 0.2) is 40.9 Å². The number of carboxylic acids is 1. The predicted octanol–water partition coefficient (Wildman–Crippen LogP) is 3.96. The van der Waals surface area contributed by atoms with Crippen LogP contribution in [0, 0.1) is 5.82 Å². The van der Waals surface area contributed by atoms with Crippen LogP contribution in [-0.2, 0) is 0 Å². The first-order valence-corrected chi connectivity index (χ1v) is 6.19. The zero-order valence-corrected chi connectivity index (χ0v) is 11.6. The summed E-state index contributed by atoms with van der Waals surface area (Å²) in [5, 5.41) is 9.04. The molecule has 0 bridgehead atoms. The molecule has 0 spiro atoms. The third kappa shape index (κ3) is 2.76. The Balaban J connectivity index is 2.53. The van der Waals surface area contributed by atoms with Crippen LogP contribution >= 0.6 is 15.9 Å². The topological polar surface area (TPSA) is 46.5 Å². The molecule has 3 nitrogen and oxygen atoms in total. The minimum atomic E-state index is -1.07. The fourth-order valence-corrected chi connectivity index (χ4v) is 2.13. The molecule has 1 N–H and O–H groups in total. The Morgan fingerprint density at radius 2 is 2.00 bits per heavy atom. The number of hydrogen-bond acceptors (Lipinski definition) is 2. The predicted molar refractivity (Wildman–Crippen MR) is 73.0 cm³/mol. The van der Waals surface area contributed by atoms with Gasteiger partial charge in [0.05, 0.1) is 12.7 Å². The lowest BCUT2D eigenvalue weighted by Gasteiger charge is -2.08. The highest BCUT2D eigenvalue weighted by atomic mass is 79.9. The number of carbonyl (C=O) groups is 1. The second-order valence-corrected chi connectivity index (χ2v) is 4.70. The van der Waals surface area contributed by atoms with Crippen LogP contribution in [0.25, 0.3) is 11.1 Å². The van der Waals surface area contributed by atoms with Crippen molar-refractivity contribution < 1.29 is 19.0 Å². The van der Waals surface area contributed by atoms with Gasteiger partial charge in [0.1, 0.15) is 11.6 Å². The fraction of sp³-hybridized carbons (Fsp3) is 0.0714. The van der Waals surface area contributed by atoms with Crippen LogP contribution in [0.2, 0.25) is 0 Å². The van der Waals surface area contributed by atoms with E-state index in [2.05, 4.69) is 15.9 Å². The van der Waals surface area contributed by atoms with Crippen molar-refractivity contribution in [3.63, 3.8) is 0 Å². The number of rotatable bonds is 3. The first-order chi connectivity index (χ1) is 9.02. The summed E-state index contributed by atoms with van der Waals surface area (Å²) in [6, 6.07) is 9.11. The van der Waals surface area contributed by atoms with Gasteiger partial charge in [-0.3, -0.25) is 0 Å².